The molecule has 1 rings (SSSR count). The van der Waals surface area contributed by atoms with E-state index in [1.807, 2.05) is 13.8 Å². The van der Waals surface area contributed by atoms with Crippen LogP contribution in [0.4, 0.5) is 0 Å². The van der Waals surface area contributed by atoms with Gasteiger partial charge in [-0.2, -0.15) is 0 Å². The van der Waals surface area contributed by atoms with Crippen LogP contribution in [-0.2, 0) is 9.59 Å². The third kappa shape index (κ3) is 1.59. The van der Waals surface area contributed by atoms with Crippen LogP contribution in [0.15, 0.2) is 0 Å². The molecule has 1 amide bonds. The van der Waals surface area contributed by atoms with E-state index < -0.39 is 0 Å². The number of ketones is 1. The molecule has 1 fully saturated rings. The molecule has 0 aromatic heterocycles. The lowest BCUT2D eigenvalue weighted by atomic mass is 9.94. The summed E-state index contributed by atoms with van der Waals surface area (Å²) < 4.78 is 0. The molecule has 0 aromatic carbocycles. The van der Waals surface area contributed by atoms with Crippen LogP contribution in [0.3, 0.4) is 0 Å². The van der Waals surface area contributed by atoms with Gasteiger partial charge in [0.25, 0.3) is 0 Å². The molecule has 0 spiro atoms. The smallest absolute Gasteiger partial charge is 0.230 e. The van der Waals surface area contributed by atoms with E-state index in [-0.39, 0.29) is 23.5 Å². The first-order valence-electron chi connectivity index (χ1n) is 3.94. The Bertz CT molecular complexity index is 187. The van der Waals surface area contributed by atoms with Gasteiger partial charge in [-0.15, -0.1) is 0 Å². The molecular formula is C8H13NO2. The van der Waals surface area contributed by atoms with Crippen LogP contribution >= 0.6 is 0 Å². The highest BCUT2D eigenvalue weighted by Gasteiger charge is 2.31. The predicted molar refractivity (Wildman–Crippen MR) is 41.0 cm³/mol. The second-order valence-corrected chi connectivity index (χ2v) is 3.19. The van der Waals surface area contributed by atoms with Gasteiger partial charge in [0.15, 0.2) is 0 Å². The molecule has 62 valence electrons. The van der Waals surface area contributed by atoms with Gasteiger partial charge in [-0.25, -0.2) is 0 Å². The minimum atomic E-state index is -0.366. The molecule has 3 nitrogen and oxygen atoms in total. The number of nitrogens with one attached hydrogen (secondary N) is 1. The standard InChI is InChI=1S/C8H13NO2/c1-5(2)7(10)6-3-4-9-8(6)11/h5-6H,3-4H2,1-2H3,(H,9,11)/t6-/m1/s1. The highest BCUT2D eigenvalue weighted by atomic mass is 16.2. The van der Waals surface area contributed by atoms with Crippen molar-refractivity contribution >= 4 is 11.7 Å². The summed E-state index contributed by atoms with van der Waals surface area (Å²) in [5.74, 6) is -0.414. The third-order valence-corrected chi connectivity index (χ3v) is 1.96. The lowest BCUT2D eigenvalue weighted by Gasteiger charge is -2.07. The minimum absolute atomic E-state index is 0.0242. The summed E-state index contributed by atoms with van der Waals surface area (Å²) in [5, 5.41) is 2.65. The van der Waals surface area contributed by atoms with Crippen LogP contribution in [0.5, 0.6) is 0 Å². The van der Waals surface area contributed by atoms with Gasteiger partial charge < -0.3 is 5.32 Å². The van der Waals surface area contributed by atoms with Crippen LogP contribution in [0, 0.1) is 11.8 Å². The first-order valence-corrected chi connectivity index (χ1v) is 3.94. The van der Waals surface area contributed by atoms with E-state index in [4.69, 9.17) is 0 Å². The molecule has 11 heavy (non-hydrogen) atoms. The molecule has 1 saturated heterocycles. The molecule has 0 bridgehead atoms. The second-order valence-electron chi connectivity index (χ2n) is 3.19. The number of carbonyl (C=O) groups excluding carboxylic acids is 2. The van der Waals surface area contributed by atoms with Crippen molar-refractivity contribution in [2.75, 3.05) is 6.54 Å². The van der Waals surface area contributed by atoms with Crippen molar-refractivity contribution in [2.24, 2.45) is 11.8 Å². The zero-order valence-electron chi connectivity index (χ0n) is 6.89. The van der Waals surface area contributed by atoms with Crippen molar-refractivity contribution < 1.29 is 9.59 Å². The van der Waals surface area contributed by atoms with Gasteiger partial charge in [-0.3, -0.25) is 9.59 Å². The topological polar surface area (TPSA) is 46.2 Å². The summed E-state index contributed by atoms with van der Waals surface area (Å²) in [7, 11) is 0. The molecule has 0 aliphatic carbocycles. The summed E-state index contributed by atoms with van der Waals surface area (Å²) >= 11 is 0. The van der Waals surface area contributed by atoms with E-state index in [1.165, 1.54) is 0 Å². The SMILES string of the molecule is CC(C)C(=O)[C@H]1CCNC1=O. The van der Waals surface area contributed by atoms with Gasteiger partial charge >= 0.3 is 0 Å². The van der Waals surface area contributed by atoms with Gasteiger partial charge in [-0.05, 0) is 6.42 Å². The second kappa shape index (κ2) is 3.03. The minimum Gasteiger partial charge on any atom is -0.355 e. The summed E-state index contributed by atoms with van der Waals surface area (Å²) in [6, 6.07) is 0. The molecule has 0 saturated carbocycles. The highest BCUT2D eigenvalue weighted by molar-refractivity contribution is 6.03. The quantitative estimate of drug-likeness (QED) is 0.585. The van der Waals surface area contributed by atoms with E-state index in [2.05, 4.69) is 5.32 Å². The van der Waals surface area contributed by atoms with Crippen LogP contribution < -0.4 is 5.32 Å². The van der Waals surface area contributed by atoms with Gasteiger partial charge in [0, 0.05) is 12.5 Å². The molecule has 0 aromatic rings. The fourth-order valence-electron chi connectivity index (χ4n) is 1.27. The van der Waals surface area contributed by atoms with Crippen molar-refractivity contribution in [3.63, 3.8) is 0 Å². The maximum Gasteiger partial charge on any atom is 0.230 e. The van der Waals surface area contributed by atoms with Gasteiger partial charge in [0.1, 0.15) is 5.78 Å². The van der Waals surface area contributed by atoms with E-state index >= 15 is 0 Å². The number of Topliss-reactive ketones (excluding diaryl/α,β-unsaturated/α-hetero) is 1. The fourth-order valence-corrected chi connectivity index (χ4v) is 1.27. The van der Waals surface area contributed by atoms with Crippen molar-refractivity contribution in [1.82, 2.24) is 5.32 Å². The van der Waals surface area contributed by atoms with Gasteiger partial charge in [0.2, 0.25) is 5.91 Å². The van der Waals surface area contributed by atoms with E-state index in [9.17, 15) is 9.59 Å². The van der Waals surface area contributed by atoms with Crippen LogP contribution in [0.25, 0.3) is 0 Å². The van der Waals surface area contributed by atoms with E-state index in [0.717, 1.165) is 0 Å². The van der Waals surface area contributed by atoms with Crippen molar-refractivity contribution in [1.29, 1.82) is 0 Å². The maximum atomic E-state index is 11.3. The molecule has 1 N–H and O–H groups in total. The van der Waals surface area contributed by atoms with Crippen LogP contribution in [-0.4, -0.2) is 18.2 Å². The number of hydrogen-bond acceptors (Lipinski definition) is 2. The molecule has 1 aliphatic heterocycles. The Labute approximate surface area is 66.2 Å². The summed E-state index contributed by atoms with van der Waals surface area (Å²) in [4.78, 5) is 22.3. The summed E-state index contributed by atoms with van der Waals surface area (Å²) in [5.41, 5.74) is 0. The Kier molecular flexibility index (Phi) is 2.27. The molecule has 0 radical (unpaired) electrons. The number of carbonyl (C=O) groups is 2. The largest absolute Gasteiger partial charge is 0.355 e. The Balaban J connectivity index is 2.60. The average Bonchev–Trinajstić information content (AvgIpc) is 2.33. The van der Waals surface area contributed by atoms with E-state index in [0.29, 0.717) is 13.0 Å². The van der Waals surface area contributed by atoms with Crippen LogP contribution in [0.2, 0.25) is 0 Å². The van der Waals surface area contributed by atoms with Gasteiger partial charge in [0.05, 0.1) is 5.92 Å². The molecule has 1 aliphatic rings. The molecular weight excluding hydrogens is 142 g/mol. The Morgan fingerprint density at radius 2 is 2.27 bits per heavy atom. The first kappa shape index (κ1) is 8.24. The fraction of sp³-hybridized carbons (Fsp3) is 0.750. The normalized spacial score (nSPS) is 23.9. The summed E-state index contributed by atoms with van der Waals surface area (Å²) in [6.07, 6.45) is 0.676. The zero-order valence-corrected chi connectivity index (χ0v) is 6.89. The van der Waals surface area contributed by atoms with Crippen molar-refractivity contribution in [3.8, 4) is 0 Å². The highest BCUT2D eigenvalue weighted by Crippen LogP contribution is 2.14. The van der Waals surface area contributed by atoms with Crippen molar-refractivity contribution in [2.45, 2.75) is 20.3 Å². The lowest BCUT2D eigenvalue weighted by Crippen LogP contribution is -2.27. The molecule has 3 heteroatoms. The predicted octanol–water partition coefficient (Wildman–Crippen LogP) is 0.348. The monoisotopic (exact) mass is 155 g/mol. The zero-order chi connectivity index (χ0) is 8.43. The Hall–Kier alpha value is -0.860. The number of amides is 1. The van der Waals surface area contributed by atoms with Gasteiger partial charge in [-0.1, -0.05) is 13.8 Å². The molecule has 1 heterocycles. The average molecular weight is 155 g/mol. The van der Waals surface area contributed by atoms with Crippen molar-refractivity contribution in [3.05, 3.63) is 0 Å². The summed E-state index contributed by atoms with van der Waals surface area (Å²) in [6.45, 7) is 4.31. The number of hydrogen-bond donors (Lipinski definition) is 1. The maximum absolute atomic E-state index is 11.3. The lowest BCUT2D eigenvalue weighted by molar-refractivity contribution is -0.133. The van der Waals surface area contributed by atoms with E-state index in [1.54, 1.807) is 0 Å². The molecule has 0 unspecified atom stereocenters. The number of rotatable bonds is 2. The molecule has 1 atom stereocenters. The third-order valence-electron chi connectivity index (χ3n) is 1.96. The van der Waals surface area contributed by atoms with Crippen LogP contribution in [0.1, 0.15) is 20.3 Å². The first-order chi connectivity index (χ1) is 5.13. The Morgan fingerprint density at radius 1 is 1.64 bits per heavy atom. The Morgan fingerprint density at radius 3 is 2.64 bits per heavy atom.